The minimum absolute atomic E-state index is 0.0357. The average molecular weight is 473 g/mol. The number of aromatic nitrogens is 1. The molecule has 7 nitrogen and oxygen atoms in total. The summed E-state index contributed by atoms with van der Waals surface area (Å²) in [5.74, 6) is 1.35. The molecule has 35 heavy (non-hydrogen) atoms. The number of amides is 1. The van der Waals surface area contributed by atoms with E-state index in [0.717, 1.165) is 39.8 Å². The zero-order chi connectivity index (χ0) is 24.4. The summed E-state index contributed by atoms with van der Waals surface area (Å²) in [5.41, 5.74) is 4.35. The van der Waals surface area contributed by atoms with Gasteiger partial charge in [-0.3, -0.25) is 9.59 Å². The van der Waals surface area contributed by atoms with Crippen molar-refractivity contribution in [3.05, 3.63) is 79.3 Å². The molecule has 1 fully saturated rings. The Labute approximate surface area is 201 Å². The Morgan fingerprint density at radius 1 is 0.971 bits per heavy atom. The van der Waals surface area contributed by atoms with E-state index >= 15 is 0 Å². The number of hydrogen-bond acceptors (Lipinski definition) is 5. The molecule has 1 aromatic carbocycles. The number of fused-ring (bicyclic) bond motifs is 6. The minimum atomic E-state index is -0.397. The highest BCUT2D eigenvalue weighted by Gasteiger charge is 2.36. The Morgan fingerprint density at radius 2 is 1.74 bits per heavy atom. The van der Waals surface area contributed by atoms with Gasteiger partial charge in [0.1, 0.15) is 16.9 Å². The maximum Gasteiger partial charge on any atom is 0.339 e. The van der Waals surface area contributed by atoms with Gasteiger partial charge in [-0.05, 0) is 62.8 Å². The highest BCUT2D eigenvalue weighted by molar-refractivity contribution is 5.96. The zero-order valence-electron chi connectivity index (χ0n) is 20.2. The zero-order valence-corrected chi connectivity index (χ0v) is 20.2. The van der Waals surface area contributed by atoms with Gasteiger partial charge in [0.05, 0.1) is 0 Å². The molecule has 2 aliphatic rings. The van der Waals surface area contributed by atoms with Crippen molar-refractivity contribution < 1.29 is 13.6 Å². The Bertz CT molecular complexity index is 1620. The summed E-state index contributed by atoms with van der Waals surface area (Å²) >= 11 is 0. The predicted octanol–water partition coefficient (Wildman–Crippen LogP) is 4.20. The molecule has 4 aromatic rings. The third-order valence-electron chi connectivity index (χ3n) is 8.00. The molecule has 0 saturated carbocycles. The first-order chi connectivity index (χ1) is 16.8. The van der Waals surface area contributed by atoms with Crippen LogP contribution in [0.1, 0.15) is 46.9 Å². The monoisotopic (exact) mass is 472 g/mol. The molecule has 3 aromatic heterocycles. The summed E-state index contributed by atoms with van der Waals surface area (Å²) in [6.07, 6.45) is 1.60. The standard InChI is InChI=1S/C28H28N2O5/c1-15-17(3)34-24-11-25-22(10-21(15)24)16(2)20(28(33)35-25)7-8-26(31)29-12-18-9-19(14-29)23-5-4-6-27(32)30(23)13-18/h4-6,10-11,18-19H,7-9,12-14H2,1-3H3/t18-,19?/m1/s1. The summed E-state index contributed by atoms with van der Waals surface area (Å²) in [6, 6.07) is 9.21. The molecule has 7 heteroatoms. The largest absolute Gasteiger partial charge is 0.461 e. The maximum absolute atomic E-state index is 13.2. The van der Waals surface area contributed by atoms with Crippen LogP contribution in [0, 0.1) is 26.7 Å². The lowest BCUT2D eigenvalue weighted by atomic mass is 9.83. The van der Waals surface area contributed by atoms with Gasteiger partial charge >= 0.3 is 5.63 Å². The van der Waals surface area contributed by atoms with Crippen LogP contribution in [0.25, 0.3) is 21.9 Å². The average Bonchev–Trinajstić information content (AvgIpc) is 3.10. The molecule has 2 bridgehead atoms. The molecule has 180 valence electrons. The first kappa shape index (κ1) is 21.9. The number of pyridine rings is 1. The normalized spacial score (nSPS) is 19.3. The number of nitrogens with zero attached hydrogens (tertiary/aromatic N) is 2. The predicted molar refractivity (Wildman–Crippen MR) is 133 cm³/mol. The van der Waals surface area contributed by atoms with Crippen LogP contribution in [0.3, 0.4) is 0 Å². The van der Waals surface area contributed by atoms with Crippen LogP contribution in [0.4, 0.5) is 0 Å². The van der Waals surface area contributed by atoms with E-state index in [2.05, 4.69) is 0 Å². The number of likely N-dealkylation sites (tertiary alicyclic amines) is 1. The van der Waals surface area contributed by atoms with E-state index in [4.69, 9.17) is 8.83 Å². The second-order valence-electron chi connectivity index (χ2n) is 10.1. The van der Waals surface area contributed by atoms with E-state index in [9.17, 15) is 14.4 Å². The number of carbonyl (C=O) groups is 1. The number of carbonyl (C=O) groups excluding carboxylic acids is 1. The smallest absolute Gasteiger partial charge is 0.339 e. The molecule has 0 spiro atoms. The third-order valence-corrected chi connectivity index (χ3v) is 8.00. The quantitative estimate of drug-likeness (QED) is 0.417. The van der Waals surface area contributed by atoms with E-state index in [1.54, 1.807) is 18.2 Å². The van der Waals surface area contributed by atoms with Gasteiger partial charge in [-0.15, -0.1) is 0 Å². The van der Waals surface area contributed by atoms with Crippen LogP contribution in [-0.4, -0.2) is 28.5 Å². The highest BCUT2D eigenvalue weighted by atomic mass is 16.4. The van der Waals surface area contributed by atoms with Crippen LogP contribution in [0.15, 0.2) is 48.8 Å². The summed E-state index contributed by atoms with van der Waals surface area (Å²) in [6.45, 7) is 7.78. The van der Waals surface area contributed by atoms with Crippen molar-refractivity contribution in [2.45, 2.75) is 52.5 Å². The van der Waals surface area contributed by atoms with Crippen molar-refractivity contribution in [1.82, 2.24) is 9.47 Å². The number of rotatable bonds is 3. The SMILES string of the molecule is Cc1oc2cc3oc(=O)c(CCC(=O)N4CC5C[C@H](C4)Cn4c5cccc4=O)c(C)c3cc2c1C. The van der Waals surface area contributed by atoms with Crippen molar-refractivity contribution in [2.75, 3.05) is 13.1 Å². The second-order valence-corrected chi connectivity index (χ2v) is 10.1. The topological polar surface area (TPSA) is 85.7 Å². The molecule has 2 atom stereocenters. The first-order valence-electron chi connectivity index (χ1n) is 12.2. The molecule has 1 saturated heterocycles. The number of piperidine rings is 1. The molecule has 0 aliphatic carbocycles. The lowest BCUT2D eigenvalue weighted by Gasteiger charge is -2.42. The van der Waals surface area contributed by atoms with Crippen LogP contribution >= 0.6 is 0 Å². The number of aryl methyl sites for hydroxylation is 3. The van der Waals surface area contributed by atoms with Crippen molar-refractivity contribution in [1.29, 1.82) is 0 Å². The highest BCUT2D eigenvalue weighted by Crippen LogP contribution is 2.35. The van der Waals surface area contributed by atoms with Gasteiger partial charge in [0.25, 0.3) is 5.56 Å². The van der Waals surface area contributed by atoms with Gasteiger partial charge in [0.2, 0.25) is 5.91 Å². The van der Waals surface area contributed by atoms with Gasteiger partial charge < -0.3 is 18.3 Å². The van der Waals surface area contributed by atoms with Crippen LogP contribution in [-0.2, 0) is 17.8 Å². The molecule has 0 N–H and O–H groups in total. The second kappa shape index (κ2) is 7.97. The summed E-state index contributed by atoms with van der Waals surface area (Å²) < 4.78 is 13.3. The molecule has 2 aliphatic heterocycles. The van der Waals surface area contributed by atoms with Crippen LogP contribution < -0.4 is 11.2 Å². The van der Waals surface area contributed by atoms with E-state index in [1.807, 2.05) is 42.4 Å². The minimum Gasteiger partial charge on any atom is -0.461 e. The van der Waals surface area contributed by atoms with Gasteiger partial charge in [0.15, 0.2) is 0 Å². The fourth-order valence-electron chi connectivity index (χ4n) is 6.00. The molecule has 6 rings (SSSR count). The number of furan rings is 1. The lowest BCUT2D eigenvalue weighted by Crippen LogP contribution is -2.49. The summed E-state index contributed by atoms with van der Waals surface area (Å²) in [4.78, 5) is 40.2. The van der Waals surface area contributed by atoms with Gasteiger partial charge in [-0.25, -0.2) is 4.79 Å². The molecule has 1 amide bonds. The van der Waals surface area contributed by atoms with Crippen LogP contribution in [0.5, 0.6) is 0 Å². The van der Waals surface area contributed by atoms with Crippen molar-refractivity contribution in [3.8, 4) is 0 Å². The van der Waals surface area contributed by atoms with E-state index in [0.29, 0.717) is 42.8 Å². The maximum atomic E-state index is 13.2. The van der Waals surface area contributed by atoms with E-state index in [-0.39, 0.29) is 29.7 Å². The Kier molecular flexibility index (Phi) is 4.99. The third kappa shape index (κ3) is 3.52. The molecular formula is C28H28N2O5. The Balaban J connectivity index is 1.24. The van der Waals surface area contributed by atoms with Crippen molar-refractivity contribution >= 4 is 27.8 Å². The van der Waals surface area contributed by atoms with E-state index < -0.39 is 5.63 Å². The fourth-order valence-corrected chi connectivity index (χ4v) is 6.00. The Hall–Kier alpha value is -3.61. The number of hydrogen-bond donors (Lipinski definition) is 0. The molecule has 5 heterocycles. The van der Waals surface area contributed by atoms with Crippen molar-refractivity contribution in [2.24, 2.45) is 5.92 Å². The van der Waals surface area contributed by atoms with Crippen molar-refractivity contribution in [3.63, 3.8) is 0 Å². The Morgan fingerprint density at radius 3 is 2.57 bits per heavy atom. The lowest BCUT2D eigenvalue weighted by molar-refractivity contribution is -0.133. The van der Waals surface area contributed by atoms with E-state index in [1.165, 1.54) is 0 Å². The molecule has 1 unspecified atom stereocenters. The summed E-state index contributed by atoms with van der Waals surface area (Å²) in [5, 5.41) is 1.88. The fraction of sp³-hybridized carbons (Fsp3) is 0.393. The number of benzene rings is 1. The van der Waals surface area contributed by atoms with Gasteiger partial charge in [-0.2, -0.15) is 0 Å². The van der Waals surface area contributed by atoms with Gasteiger partial charge in [-0.1, -0.05) is 6.07 Å². The molecule has 0 radical (unpaired) electrons. The van der Waals surface area contributed by atoms with Crippen LogP contribution in [0.2, 0.25) is 0 Å². The summed E-state index contributed by atoms with van der Waals surface area (Å²) in [7, 11) is 0. The van der Waals surface area contributed by atoms with Gasteiger partial charge in [0, 0.05) is 66.1 Å². The first-order valence-corrected chi connectivity index (χ1v) is 12.2. The molecular weight excluding hydrogens is 444 g/mol.